The lowest BCUT2D eigenvalue weighted by atomic mass is 9.90. The van der Waals surface area contributed by atoms with Crippen molar-refractivity contribution in [1.29, 1.82) is 0 Å². The van der Waals surface area contributed by atoms with Crippen molar-refractivity contribution in [3.63, 3.8) is 0 Å². The van der Waals surface area contributed by atoms with E-state index in [2.05, 4.69) is 29.6 Å². The number of hydrogen-bond donors (Lipinski definition) is 1. The summed E-state index contributed by atoms with van der Waals surface area (Å²) in [5.41, 5.74) is 1.36. The van der Waals surface area contributed by atoms with Crippen LogP contribution in [0.1, 0.15) is 25.3 Å². The number of benzene rings is 1. The Kier molecular flexibility index (Phi) is 6.50. The SMILES string of the molecule is C[C@@H](NC(=O)N1CCOCC1)C(=O)N1CCC(Cc2ccccc2)CC1. The lowest BCUT2D eigenvalue weighted by Gasteiger charge is -2.34. The summed E-state index contributed by atoms with van der Waals surface area (Å²) in [6.07, 6.45) is 3.11. The van der Waals surface area contributed by atoms with Crippen molar-refractivity contribution in [2.24, 2.45) is 5.92 Å². The van der Waals surface area contributed by atoms with Crippen LogP contribution in [-0.2, 0) is 16.0 Å². The highest BCUT2D eigenvalue weighted by molar-refractivity contribution is 5.86. The topological polar surface area (TPSA) is 61.9 Å². The number of ether oxygens (including phenoxy) is 1. The molecule has 6 heteroatoms. The molecule has 3 amide bonds. The Morgan fingerprint density at radius 2 is 1.73 bits per heavy atom. The fourth-order valence-electron chi connectivity index (χ4n) is 3.68. The van der Waals surface area contributed by atoms with Gasteiger partial charge in [-0.2, -0.15) is 0 Å². The first-order valence-corrected chi connectivity index (χ1v) is 9.59. The van der Waals surface area contributed by atoms with E-state index in [4.69, 9.17) is 4.74 Å². The zero-order valence-electron chi connectivity index (χ0n) is 15.5. The van der Waals surface area contributed by atoms with Crippen LogP contribution in [0.3, 0.4) is 0 Å². The molecule has 1 aromatic carbocycles. The molecule has 2 saturated heterocycles. The van der Waals surface area contributed by atoms with E-state index in [0.717, 1.165) is 32.4 Å². The van der Waals surface area contributed by atoms with Crippen molar-refractivity contribution < 1.29 is 14.3 Å². The third kappa shape index (κ3) is 4.97. The number of carbonyl (C=O) groups is 2. The summed E-state index contributed by atoms with van der Waals surface area (Å²) in [4.78, 5) is 28.5. The first kappa shape index (κ1) is 18.7. The van der Waals surface area contributed by atoms with Gasteiger partial charge in [0.1, 0.15) is 6.04 Å². The zero-order valence-corrected chi connectivity index (χ0v) is 15.5. The van der Waals surface area contributed by atoms with Crippen molar-refractivity contribution in [3.8, 4) is 0 Å². The van der Waals surface area contributed by atoms with Crippen molar-refractivity contribution in [2.45, 2.75) is 32.2 Å². The average molecular weight is 359 g/mol. The Labute approximate surface area is 155 Å². The van der Waals surface area contributed by atoms with E-state index >= 15 is 0 Å². The van der Waals surface area contributed by atoms with Crippen molar-refractivity contribution in [3.05, 3.63) is 35.9 Å². The van der Waals surface area contributed by atoms with Gasteiger partial charge in [0.2, 0.25) is 5.91 Å². The molecule has 2 fully saturated rings. The Hall–Kier alpha value is -2.08. The van der Waals surface area contributed by atoms with Gasteiger partial charge < -0.3 is 19.9 Å². The quantitative estimate of drug-likeness (QED) is 0.893. The second kappa shape index (κ2) is 9.03. The molecular formula is C20H29N3O3. The molecule has 26 heavy (non-hydrogen) atoms. The number of piperidine rings is 1. The van der Waals surface area contributed by atoms with Gasteiger partial charge in [0.15, 0.2) is 0 Å². The van der Waals surface area contributed by atoms with E-state index in [9.17, 15) is 9.59 Å². The summed E-state index contributed by atoms with van der Waals surface area (Å²) < 4.78 is 5.25. The molecule has 0 saturated carbocycles. The van der Waals surface area contributed by atoms with E-state index in [1.165, 1.54) is 5.56 Å². The number of likely N-dealkylation sites (tertiary alicyclic amines) is 1. The van der Waals surface area contributed by atoms with Gasteiger partial charge in [-0.3, -0.25) is 4.79 Å². The molecule has 0 aromatic heterocycles. The molecular weight excluding hydrogens is 330 g/mol. The molecule has 0 spiro atoms. The summed E-state index contributed by atoms with van der Waals surface area (Å²) in [6, 6.07) is 9.86. The summed E-state index contributed by atoms with van der Waals surface area (Å²) in [5, 5.41) is 2.84. The predicted molar refractivity (Wildman–Crippen MR) is 99.8 cm³/mol. The number of carbonyl (C=O) groups excluding carboxylic acids is 2. The standard InChI is InChI=1S/C20H29N3O3/c1-16(21-20(25)23-11-13-26-14-12-23)19(24)22-9-7-18(8-10-22)15-17-5-3-2-4-6-17/h2-6,16,18H,7-15H2,1H3,(H,21,25)/t16-/m1/s1. The molecule has 1 aromatic rings. The molecule has 0 radical (unpaired) electrons. The third-order valence-electron chi connectivity index (χ3n) is 5.30. The van der Waals surface area contributed by atoms with Gasteiger partial charge >= 0.3 is 6.03 Å². The van der Waals surface area contributed by atoms with E-state index < -0.39 is 6.04 Å². The Morgan fingerprint density at radius 1 is 1.08 bits per heavy atom. The second-order valence-corrected chi connectivity index (χ2v) is 7.23. The molecule has 0 bridgehead atoms. The van der Waals surface area contributed by atoms with Gasteiger partial charge in [-0.05, 0) is 37.7 Å². The lowest BCUT2D eigenvalue weighted by Crippen LogP contribution is -2.54. The van der Waals surface area contributed by atoms with E-state index in [0.29, 0.717) is 32.2 Å². The normalized spacial score (nSPS) is 19.9. The minimum atomic E-state index is -0.490. The Morgan fingerprint density at radius 3 is 2.38 bits per heavy atom. The highest BCUT2D eigenvalue weighted by atomic mass is 16.5. The highest BCUT2D eigenvalue weighted by Gasteiger charge is 2.28. The molecule has 142 valence electrons. The summed E-state index contributed by atoms with van der Waals surface area (Å²) in [7, 11) is 0. The minimum absolute atomic E-state index is 0.0183. The van der Waals surface area contributed by atoms with Crippen molar-refractivity contribution >= 4 is 11.9 Å². The number of rotatable bonds is 4. The monoisotopic (exact) mass is 359 g/mol. The van der Waals surface area contributed by atoms with Gasteiger partial charge in [-0.15, -0.1) is 0 Å². The third-order valence-corrected chi connectivity index (χ3v) is 5.30. The van der Waals surface area contributed by atoms with E-state index in [1.54, 1.807) is 11.8 Å². The van der Waals surface area contributed by atoms with Gasteiger partial charge in [0.05, 0.1) is 13.2 Å². The largest absolute Gasteiger partial charge is 0.378 e. The maximum atomic E-state index is 12.6. The highest BCUT2D eigenvalue weighted by Crippen LogP contribution is 2.22. The maximum absolute atomic E-state index is 12.6. The second-order valence-electron chi connectivity index (χ2n) is 7.23. The van der Waals surface area contributed by atoms with Gasteiger partial charge in [-0.1, -0.05) is 30.3 Å². The van der Waals surface area contributed by atoms with Crippen LogP contribution >= 0.6 is 0 Å². The number of urea groups is 1. The first-order valence-electron chi connectivity index (χ1n) is 9.59. The lowest BCUT2D eigenvalue weighted by molar-refractivity contribution is -0.134. The number of amides is 3. The van der Waals surface area contributed by atoms with Gasteiger partial charge in [-0.25, -0.2) is 4.79 Å². The fourth-order valence-corrected chi connectivity index (χ4v) is 3.68. The van der Waals surface area contributed by atoms with E-state index in [1.807, 2.05) is 11.0 Å². The first-order chi connectivity index (χ1) is 12.6. The van der Waals surface area contributed by atoms with Crippen LogP contribution in [-0.4, -0.2) is 67.2 Å². The molecule has 2 aliphatic rings. The zero-order chi connectivity index (χ0) is 18.4. The van der Waals surface area contributed by atoms with Crippen molar-refractivity contribution in [1.82, 2.24) is 15.1 Å². The predicted octanol–water partition coefficient (Wildman–Crippen LogP) is 1.90. The Bertz CT molecular complexity index is 594. The van der Waals surface area contributed by atoms with Crippen LogP contribution in [0, 0.1) is 5.92 Å². The van der Waals surface area contributed by atoms with E-state index in [-0.39, 0.29) is 11.9 Å². The number of nitrogens with zero attached hydrogens (tertiary/aromatic N) is 2. The average Bonchev–Trinajstić information content (AvgIpc) is 2.69. The molecule has 6 nitrogen and oxygen atoms in total. The number of morpholine rings is 1. The molecule has 3 rings (SSSR count). The maximum Gasteiger partial charge on any atom is 0.318 e. The van der Waals surface area contributed by atoms with Crippen LogP contribution in [0.15, 0.2) is 30.3 Å². The van der Waals surface area contributed by atoms with Gasteiger partial charge in [0, 0.05) is 26.2 Å². The molecule has 2 aliphatic heterocycles. The van der Waals surface area contributed by atoms with Crippen LogP contribution in [0.4, 0.5) is 4.79 Å². The van der Waals surface area contributed by atoms with Crippen LogP contribution < -0.4 is 5.32 Å². The summed E-state index contributed by atoms with van der Waals surface area (Å²) in [6.45, 7) is 5.60. The molecule has 2 heterocycles. The number of nitrogens with one attached hydrogen (secondary N) is 1. The number of hydrogen-bond acceptors (Lipinski definition) is 3. The van der Waals surface area contributed by atoms with Crippen molar-refractivity contribution in [2.75, 3.05) is 39.4 Å². The van der Waals surface area contributed by atoms with Gasteiger partial charge in [0.25, 0.3) is 0 Å². The van der Waals surface area contributed by atoms with Crippen LogP contribution in [0.25, 0.3) is 0 Å². The molecule has 0 unspecified atom stereocenters. The molecule has 0 aliphatic carbocycles. The smallest absolute Gasteiger partial charge is 0.318 e. The van der Waals surface area contributed by atoms with Crippen LogP contribution in [0.2, 0.25) is 0 Å². The van der Waals surface area contributed by atoms with Crippen LogP contribution in [0.5, 0.6) is 0 Å². The Balaban J connectivity index is 1.43. The summed E-state index contributed by atoms with van der Waals surface area (Å²) in [5.74, 6) is 0.643. The fraction of sp³-hybridized carbons (Fsp3) is 0.600. The summed E-state index contributed by atoms with van der Waals surface area (Å²) >= 11 is 0. The molecule has 1 atom stereocenters. The minimum Gasteiger partial charge on any atom is -0.378 e. The molecule has 1 N–H and O–H groups in total.